The summed E-state index contributed by atoms with van der Waals surface area (Å²) in [6.45, 7) is 4.19. The van der Waals surface area contributed by atoms with Gasteiger partial charge in [0.15, 0.2) is 0 Å². The van der Waals surface area contributed by atoms with Crippen molar-refractivity contribution in [3.63, 3.8) is 0 Å². The minimum absolute atomic E-state index is 0.0953. The summed E-state index contributed by atoms with van der Waals surface area (Å²) in [7, 11) is 0. The molecular formula is C16H22F2N4O2. The van der Waals surface area contributed by atoms with Gasteiger partial charge in [-0.15, -0.1) is 0 Å². The fraction of sp³-hybridized carbons (Fsp3) is 0.500. The Morgan fingerprint density at radius 3 is 2.42 bits per heavy atom. The lowest BCUT2D eigenvalue weighted by atomic mass is 10.2. The van der Waals surface area contributed by atoms with Gasteiger partial charge >= 0.3 is 6.03 Å². The van der Waals surface area contributed by atoms with E-state index in [0.29, 0.717) is 45.7 Å². The molecule has 1 heterocycles. The third-order valence-corrected chi connectivity index (χ3v) is 3.82. The molecule has 0 aromatic heterocycles. The van der Waals surface area contributed by atoms with Crippen molar-refractivity contribution in [2.45, 2.75) is 13.3 Å². The van der Waals surface area contributed by atoms with Gasteiger partial charge in [-0.2, -0.15) is 0 Å². The van der Waals surface area contributed by atoms with E-state index in [9.17, 15) is 18.4 Å². The summed E-state index contributed by atoms with van der Waals surface area (Å²) in [6.07, 6.45) is 0.653. The normalized spacial score (nSPS) is 14.5. The Hall–Kier alpha value is -2.38. The topological polar surface area (TPSA) is 64.7 Å². The van der Waals surface area contributed by atoms with Crippen LogP contribution in [0.15, 0.2) is 18.2 Å². The number of hydrogen-bond acceptors (Lipinski definition) is 3. The molecule has 0 radical (unpaired) electrons. The number of rotatable bonds is 5. The fourth-order valence-corrected chi connectivity index (χ4v) is 2.54. The van der Waals surface area contributed by atoms with Gasteiger partial charge in [0.2, 0.25) is 5.91 Å². The van der Waals surface area contributed by atoms with Crippen molar-refractivity contribution in [2.75, 3.05) is 44.2 Å². The Balaban J connectivity index is 1.75. The van der Waals surface area contributed by atoms with Gasteiger partial charge in [-0.3, -0.25) is 4.79 Å². The van der Waals surface area contributed by atoms with E-state index in [-0.39, 0.29) is 17.6 Å². The molecule has 1 saturated heterocycles. The zero-order chi connectivity index (χ0) is 17.5. The van der Waals surface area contributed by atoms with E-state index in [4.69, 9.17) is 0 Å². The highest BCUT2D eigenvalue weighted by Crippen LogP contribution is 2.21. The van der Waals surface area contributed by atoms with Crippen LogP contribution in [0, 0.1) is 11.6 Å². The molecule has 3 amide bonds. The quantitative estimate of drug-likeness (QED) is 0.795. The monoisotopic (exact) mass is 340 g/mol. The Labute approximate surface area is 139 Å². The van der Waals surface area contributed by atoms with E-state index < -0.39 is 11.6 Å². The van der Waals surface area contributed by atoms with Crippen LogP contribution in [0.2, 0.25) is 0 Å². The molecule has 2 rings (SSSR count). The highest BCUT2D eigenvalue weighted by Gasteiger charge is 2.22. The van der Waals surface area contributed by atoms with E-state index >= 15 is 0 Å². The number of nitrogens with zero attached hydrogens (tertiary/aromatic N) is 2. The maximum atomic E-state index is 13.8. The van der Waals surface area contributed by atoms with Crippen molar-refractivity contribution in [1.29, 1.82) is 0 Å². The van der Waals surface area contributed by atoms with E-state index in [1.165, 1.54) is 13.0 Å². The largest absolute Gasteiger partial charge is 0.366 e. The van der Waals surface area contributed by atoms with E-state index in [0.717, 1.165) is 12.1 Å². The molecule has 1 aliphatic heterocycles. The highest BCUT2D eigenvalue weighted by molar-refractivity contribution is 5.74. The molecule has 1 aromatic carbocycles. The summed E-state index contributed by atoms with van der Waals surface area (Å²) in [5.74, 6) is -1.04. The van der Waals surface area contributed by atoms with Gasteiger partial charge < -0.3 is 20.4 Å². The zero-order valence-corrected chi connectivity index (χ0v) is 13.6. The molecule has 8 heteroatoms. The van der Waals surface area contributed by atoms with Crippen molar-refractivity contribution in [3.8, 4) is 0 Å². The molecular weight excluding hydrogens is 318 g/mol. The van der Waals surface area contributed by atoms with Gasteiger partial charge in [0.1, 0.15) is 11.6 Å². The number of benzene rings is 1. The number of halogens is 2. The Morgan fingerprint density at radius 1 is 1.08 bits per heavy atom. The van der Waals surface area contributed by atoms with Crippen molar-refractivity contribution in [1.82, 2.24) is 15.5 Å². The Morgan fingerprint density at radius 2 is 1.75 bits per heavy atom. The standard InChI is InChI=1S/C16H22F2N4O2/c1-12(23)19-5-2-6-20-16(24)22-9-7-21(8-10-22)15-11-13(17)3-4-14(15)18/h3-4,11H,2,5-10H2,1H3,(H,19,23)(H,20,24). The third kappa shape index (κ3) is 5.07. The van der Waals surface area contributed by atoms with Gasteiger partial charge in [-0.1, -0.05) is 0 Å². The van der Waals surface area contributed by atoms with Crippen molar-refractivity contribution in [3.05, 3.63) is 29.8 Å². The second-order valence-electron chi connectivity index (χ2n) is 5.64. The summed E-state index contributed by atoms with van der Waals surface area (Å²) in [5.41, 5.74) is 0.227. The molecule has 1 fully saturated rings. The fourth-order valence-electron chi connectivity index (χ4n) is 2.54. The predicted molar refractivity (Wildman–Crippen MR) is 86.8 cm³/mol. The number of anilines is 1. The van der Waals surface area contributed by atoms with Crippen LogP contribution < -0.4 is 15.5 Å². The second-order valence-corrected chi connectivity index (χ2v) is 5.64. The minimum Gasteiger partial charge on any atom is -0.366 e. The summed E-state index contributed by atoms with van der Waals surface area (Å²) >= 11 is 0. The zero-order valence-electron chi connectivity index (χ0n) is 13.6. The van der Waals surface area contributed by atoms with Crippen LogP contribution in [-0.4, -0.2) is 56.1 Å². The second kappa shape index (κ2) is 8.47. The summed E-state index contributed by atoms with van der Waals surface area (Å²) in [4.78, 5) is 26.1. The van der Waals surface area contributed by atoms with Crippen LogP contribution in [0.25, 0.3) is 0 Å². The van der Waals surface area contributed by atoms with Crippen LogP contribution >= 0.6 is 0 Å². The van der Waals surface area contributed by atoms with Gasteiger partial charge in [-0.25, -0.2) is 13.6 Å². The van der Waals surface area contributed by atoms with Crippen LogP contribution in [0.1, 0.15) is 13.3 Å². The molecule has 1 aliphatic rings. The summed E-state index contributed by atoms with van der Waals surface area (Å²) < 4.78 is 27.0. The van der Waals surface area contributed by atoms with Gasteiger partial charge in [-0.05, 0) is 18.6 Å². The minimum atomic E-state index is -0.481. The molecule has 2 N–H and O–H groups in total. The molecule has 0 aliphatic carbocycles. The van der Waals surface area contributed by atoms with Gasteiger partial charge in [0, 0.05) is 52.3 Å². The van der Waals surface area contributed by atoms with E-state index in [1.807, 2.05) is 0 Å². The number of carbonyl (C=O) groups is 2. The maximum Gasteiger partial charge on any atom is 0.317 e. The van der Waals surface area contributed by atoms with Gasteiger partial charge in [0.05, 0.1) is 5.69 Å². The molecule has 0 atom stereocenters. The molecule has 132 valence electrons. The van der Waals surface area contributed by atoms with Crippen LogP contribution in [0.5, 0.6) is 0 Å². The highest BCUT2D eigenvalue weighted by atomic mass is 19.1. The molecule has 0 saturated carbocycles. The molecule has 0 spiro atoms. The number of hydrogen-bond donors (Lipinski definition) is 2. The Bertz CT molecular complexity index is 589. The van der Waals surface area contributed by atoms with E-state index in [2.05, 4.69) is 10.6 Å². The Kier molecular flexibility index (Phi) is 6.34. The average Bonchev–Trinajstić information content (AvgIpc) is 2.56. The smallest absolute Gasteiger partial charge is 0.317 e. The molecule has 0 bridgehead atoms. The van der Waals surface area contributed by atoms with E-state index in [1.54, 1.807) is 9.80 Å². The first kappa shape index (κ1) is 18.0. The number of piperazine rings is 1. The maximum absolute atomic E-state index is 13.8. The third-order valence-electron chi connectivity index (χ3n) is 3.82. The first-order valence-electron chi connectivity index (χ1n) is 7.94. The number of carbonyl (C=O) groups excluding carboxylic acids is 2. The summed E-state index contributed by atoms with van der Waals surface area (Å²) in [6, 6.07) is 3.19. The average molecular weight is 340 g/mol. The van der Waals surface area contributed by atoms with Crippen LogP contribution in [0.3, 0.4) is 0 Å². The number of urea groups is 1. The molecule has 1 aromatic rings. The van der Waals surface area contributed by atoms with Crippen LogP contribution in [-0.2, 0) is 4.79 Å². The van der Waals surface area contributed by atoms with Gasteiger partial charge in [0.25, 0.3) is 0 Å². The van der Waals surface area contributed by atoms with Crippen molar-refractivity contribution >= 4 is 17.6 Å². The van der Waals surface area contributed by atoms with Crippen molar-refractivity contribution in [2.24, 2.45) is 0 Å². The lowest BCUT2D eigenvalue weighted by Gasteiger charge is -2.36. The van der Waals surface area contributed by atoms with Crippen molar-refractivity contribution < 1.29 is 18.4 Å². The lowest BCUT2D eigenvalue weighted by Crippen LogP contribution is -2.52. The SMILES string of the molecule is CC(=O)NCCCNC(=O)N1CCN(c2cc(F)ccc2F)CC1. The van der Waals surface area contributed by atoms with Crippen LogP contribution in [0.4, 0.5) is 19.3 Å². The summed E-state index contributed by atoms with van der Waals surface area (Å²) in [5, 5.41) is 5.44. The lowest BCUT2D eigenvalue weighted by molar-refractivity contribution is -0.118. The molecule has 6 nitrogen and oxygen atoms in total. The number of nitrogens with one attached hydrogen (secondary N) is 2. The predicted octanol–water partition coefficient (Wildman–Crippen LogP) is 1.32. The molecule has 0 unspecified atom stereocenters. The first-order chi connectivity index (χ1) is 11.5. The first-order valence-corrected chi connectivity index (χ1v) is 7.94. The molecule has 24 heavy (non-hydrogen) atoms. The number of amides is 3.